The fourth-order valence-corrected chi connectivity index (χ4v) is 9.22. The van der Waals surface area contributed by atoms with E-state index in [0.717, 1.165) is 89.9 Å². The van der Waals surface area contributed by atoms with Crippen molar-refractivity contribution in [2.24, 2.45) is 0 Å². The summed E-state index contributed by atoms with van der Waals surface area (Å²) in [5.74, 6) is -0.624. The fourth-order valence-electron chi connectivity index (χ4n) is 8.50. The van der Waals surface area contributed by atoms with Gasteiger partial charge in [0.1, 0.15) is 19.3 Å². The van der Waals surface area contributed by atoms with Gasteiger partial charge < -0.3 is 28.5 Å². The minimum Gasteiger partial charge on any atom is -0.756 e. The van der Waals surface area contributed by atoms with Crippen molar-refractivity contribution in [2.75, 3.05) is 40.9 Å². The quantitative estimate of drug-likeness (QED) is 0.0212. The Labute approximate surface area is 481 Å². The Bertz CT molecular complexity index is 1700. The molecule has 9 nitrogen and oxygen atoms in total. The van der Waals surface area contributed by atoms with Crippen molar-refractivity contribution < 1.29 is 37.3 Å². The highest BCUT2D eigenvalue weighted by atomic mass is 31.2. The van der Waals surface area contributed by atoms with Crippen LogP contribution in [0.15, 0.2) is 109 Å². The molecule has 1 amide bonds. The minimum absolute atomic E-state index is 0.0396. The van der Waals surface area contributed by atoms with Gasteiger partial charge in [-0.05, 0) is 115 Å². The van der Waals surface area contributed by atoms with Crippen LogP contribution < -0.4 is 10.2 Å². The topological polar surface area (TPSA) is 114 Å². The monoisotopic (exact) mass is 1110 g/mol. The van der Waals surface area contributed by atoms with E-state index in [4.69, 9.17) is 13.8 Å². The SMILES string of the molecule is CCCCC/C=C\C/C=C\C/C=C\C/C=C\CCCCCCCCCC(=O)OC(/C=C\CCCCCCCCCCCC)C(COP(=O)([O-])OCC[N+](C)(C)C)NC(=O)CCC/C=C\C/C=C\C/C=C\C/C=C\CCCCC. The zero-order chi connectivity index (χ0) is 57.2. The number of ether oxygens (including phenoxy) is 1. The molecule has 0 rings (SSSR count). The van der Waals surface area contributed by atoms with E-state index in [1.165, 1.54) is 122 Å². The molecule has 0 aromatic heterocycles. The van der Waals surface area contributed by atoms with E-state index in [1.54, 1.807) is 0 Å². The molecular weight excluding hydrogens is 988 g/mol. The standard InChI is InChI=1S/C68H119N2O7P/c1-7-10-13-16-19-22-25-28-30-32-33-34-35-36-37-39-41-43-46-49-52-55-58-61-68(72)77-66(59-56-53-50-47-44-27-24-21-18-15-12-9-3)65(64-76-78(73,74)75-63-62-70(4,5)6)69-67(71)60-57-54-51-48-45-42-40-38-31-29-26-23-20-17-14-11-8-2/h19-20,22-23,28-31,33-34,36-37,40,42,48,51,56,59,65-66H,7-18,21,24-27,32,35,38-39,41,43-47,49-50,52-55,57-58,60-64H2,1-6H3,(H-,69,71,73,74)/b22-19-,23-20-,30-28-,31-29-,34-33-,37-36-,42-40-,51-48-,59-56-. The van der Waals surface area contributed by atoms with Crippen molar-refractivity contribution in [2.45, 2.75) is 270 Å². The summed E-state index contributed by atoms with van der Waals surface area (Å²) in [6.45, 7) is 6.73. The largest absolute Gasteiger partial charge is 0.756 e. The number of nitrogens with zero attached hydrogens (tertiary/aromatic N) is 1. The maximum Gasteiger partial charge on any atom is 0.306 e. The molecule has 3 unspecified atom stereocenters. The van der Waals surface area contributed by atoms with Crippen LogP contribution in [0.25, 0.3) is 0 Å². The fraction of sp³-hybridized carbons (Fsp3) is 0.706. The average molecular weight is 1110 g/mol. The first-order valence-electron chi connectivity index (χ1n) is 31.7. The Kier molecular flexibility index (Phi) is 54.5. The van der Waals surface area contributed by atoms with Crippen LogP contribution in [0.3, 0.4) is 0 Å². The molecule has 0 aliphatic carbocycles. The first-order valence-corrected chi connectivity index (χ1v) is 33.2. The van der Waals surface area contributed by atoms with Crippen molar-refractivity contribution in [3.63, 3.8) is 0 Å². The molecule has 0 bridgehead atoms. The van der Waals surface area contributed by atoms with Crippen molar-refractivity contribution >= 4 is 19.7 Å². The second-order valence-corrected chi connectivity index (χ2v) is 23.6. The second-order valence-electron chi connectivity index (χ2n) is 22.2. The third-order valence-electron chi connectivity index (χ3n) is 13.4. The van der Waals surface area contributed by atoms with Crippen LogP contribution in [0.2, 0.25) is 0 Å². The lowest BCUT2D eigenvalue weighted by molar-refractivity contribution is -0.870. The van der Waals surface area contributed by atoms with E-state index >= 15 is 0 Å². The lowest BCUT2D eigenvalue weighted by Gasteiger charge is -2.30. The number of carbonyl (C=O) groups is 2. The van der Waals surface area contributed by atoms with E-state index in [1.807, 2.05) is 33.3 Å². The number of quaternary nitrogens is 1. The molecular formula is C68H119N2O7P. The zero-order valence-corrected chi connectivity index (χ0v) is 52.0. The van der Waals surface area contributed by atoms with Crippen molar-refractivity contribution in [1.29, 1.82) is 0 Å². The Hall–Kier alpha value is -3.33. The van der Waals surface area contributed by atoms with Gasteiger partial charge in [0.15, 0.2) is 0 Å². The molecule has 78 heavy (non-hydrogen) atoms. The molecule has 0 aromatic carbocycles. The summed E-state index contributed by atoms with van der Waals surface area (Å²) < 4.78 is 30.3. The van der Waals surface area contributed by atoms with Crippen LogP contribution in [0.1, 0.15) is 258 Å². The lowest BCUT2D eigenvalue weighted by atomic mass is 10.1. The molecule has 0 spiro atoms. The van der Waals surface area contributed by atoms with Gasteiger partial charge in [0, 0.05) is 12.8 Å². The lowest BCUT2D eigenvalue weighted by Crippen LogP contribution is -2.47. The van der Waals surface area contributed by atoms with Crippen LogP contribution in [0.5, 0.6) is 0 Å². The van der Waals surface area contributed by atoms with Crippen molar-refractivity contribution in [3.05, 3.63) is 109 Å². The smallest absolute Gasteiger partial charge is 0.306 e. The molecule has 0 saturated carbocycles. The highest BCUT2D eigenvalue weighted by Crippen LogP contribution is 2.38. The van der Waals surface area contributed by atoms with Crippen LogP contribution in [-0.4, -0.2) is 69.4 Å². The number of allylic oxidation sites excluding steroid dienone is 17. The van der Waals surface area contributed by atoms with Crippen molar-refractivity contribution in [3.8, 4) is 0 Å². The van der Waals surface area contributed by atoms with Gasteiger partial charge >= 0.3 is 5.97 Å². The number of esters is 1. The summed E-state index contributed by atoms with van der Waals surface area (Å²) in [4.78, 5) is 40.0. The molecule has 3 atom stereocenters. The molecule has 0 aliphatic rings. The molecule has 1 N–H and O–H groups in total. The van der Waals surface area contributed by atoms with Crippen LogP contribution in [0.4, 0.5) is 0 Å². The number of phosphoric ester groups is 1. The Morgan fingerprint density at radius 2 is 0.795 bits per heavy atom. The number of phosphoric acid groups is 1. The summed E-state index contributed by atoms with van der Waals surface area (Å²) in [6.07, 6.45) is 77.8. The first kappa shape index (κ1) is 74.7. The number of likely N-dealkylation sites (N-methyl/N-ethyl adjacent to an activating group) is 1. The van der Waals surface area contributed by atoms with Gasteiger partial charge in [-0.2, -0.15) is 0 Å². The summed E-state index contributed by atoms with van der Waals surface area (Å²) >= 11 is 0. The normalized spacial score (nSPS) is 14.4. The van der Waals surface area contributed by atoms with Gasteiger partial charge in [0.25, 0.3) is 7.82 Å². The van der Waals surface area contributed by atoms with Gasteiger partial charge in [-0.15, -0.1) is 0 Å². The van der Waals surface area contributed by atoms with Crippen molar-refractivity contribution in [1.82, 2.24) is 5.32 Å². The van der Waals surface area contributed by atoms with E-state index in [2.05, 4.69) is 123 Å². The molecule has 0 aliphatic heterocycles. The maximum atomic E-state index is 13.5. The number of hydrogen-bond donors (Lipinski definition) is 1. The van der Waals surface area contributed by atoms with Crippen LogP contribution in [-0.2, 0) is 27.9 Å². The van der Waals surface area contributed by atoms with Gasteiger partial charge in [-0.3, -0.25) is 14.2 Å². The van der Waals surface area contributed by atoms with Gasteiger partial charge in [-0.25, -0.2) is 0 Å². The highest BCUT2D eigenvalue weighted by Gasteiger charge is 2.27. The predicted molar refractivity (Wildman–Crippen MR) is 334 cm³/mol. The Morgan fingerprint density at radius 1 is 0.449 bits per heavy atom. The predicted octanol–water partition coefficient (Wildman–Crippen LogP) is 19.1. The van der Waals surface area contributed by atoms with Crippen LogP contribution in [0, 0.1) is 0 Å². The highest BCUT2D eigenvalue weighted by molar-refractivity contribution is 7.45. The molecule has 0 aromatic rings. The summed E-state index contributed by atoms with van der Waals surface area (Å²) in [5, 5.41) is 2.99. The first-order chi connectivity index (χ1) is 37.9. The molecule has 0 saturated heterocycles. The zero-order valence-electron chi connectivity index (χ0n) is 51.1. The van der Waals surface area contributed by atoms with Gasteiger partial charge in [-0.1, -0.05) is 240 Å². The third-order valence-corrected chi connectivity index (χ3v) is 14.4. The number of carbonyl (C=O) groups excluding carboxylic acids is 2. The second kappa shape index (κ2) is 56.9. The number of hydrogen-bond acceptors (Lipinski definition) is 7. The van der Waals surface area contributed by atoms with E-state index in [9.17, 15) is 19.0 Å². The number of amides is 1. The summed E-state index contributed by atoms with van der Waals surface area (Å²) in [7, 11) is 1.13. The van der Waals surface area contributed by atoms with E-state index in [-0.39, 0.29) is 31.3 Å². The van der Waals surface area contributed by atoms with E-state index in [0.29, 0.717) is 23.9 Å². The molecule has 10 heteroatoms. The Balaban J connectivity index is 5.32. The molecule has 0 fully saturated rings. The average Bonchev–Trinajstić information content (AvgIpc) is 3.40. The third kappa shape index (κ3) is 57.4. The maximum absolute atomic E-state index is 13.5. The number of unbranched alkanes of at least 4 members (excludes halogenated alkanes) is 24. The molecule has 448 valence electrons. The van der Waals surface area contributed by atoms with E-state index < -0.39 is 26.6 Å². The number of nitrogens with one attached hydrogen (secondary N) is 1. The summed E-state index contributed by atoms with van der Waals surface area (Å²) in [6, 6.07) is -0.928. The number of rotatable bonds is 56. The van der Waals surface area contributed by atoms with Gasteiger partial charge in [0.2, 0.25) is 5.91 Å². The molecule has 0 radical (unpaired) electrons. The Morgan fingerprint density at radius 3 is 1.22 bits per heavy atom. The summed E-state index contributed by atoms with van der Waals surface area (Å²) in [5.41, 5.74) is 0. The molecule has 0 heterocycles. The minimum atomic E-state index is -4.72. The van der Waals surface area contributed by atoms with Crippen LogP contribution >= 0.6 is 7.82 Å². The van der Waals surface area contributed by atoms with Gasteiger partial charge in [0.05, 0.1) is 33.8 Å².